The van der Waals surface area contributed by atoms with E-state index in [1.165, 1.54) is 0 Å². The molecule has 25 heavy (non-hydrogen) atoms. The highest BCUT2D eigenvalue weighted by Gasteiger charge is 2.39. The van der Waals surface area contributed by atoms with Crippen LogP contribution in [0.1, 0.15) is 41.5 Å². The molecule has 0 bridgehead atoms. The molecule has 2 rings (SSSR count). The van der Waals surface area contributed by atoms with E-state index in [2.05, 4.69) is 33.9 Å². The second-order valence-corrected chi connectivity index (χ2v) is 13.8. The molecular formula is C20H31NO3Si. The van der Waals surface area contributed by atoms with Gasteiger partial charge in [-0.1, -0.05) is 20.8 Å². The van der Waals surface area contributed by atoms with Gasteiger partial charge in [0.1, 0.15) is 17.9 Å². The molecule has 1 heterocycles. The lowest BCUT2D eigenvalue weighted by Gasteiger charge is -2.36. The number of nitrogens with zero attached hydrogens (tertiary/aromatic N) is 1. The van der Waals surface area contributed by atoms with Gasteiger partial charge in [0.2, 0.25) is 8.32 Å². The fourth-order valence-corrected chi connectivity index (χ4v) is 3.35. The lowest BCUT2D eigenvalue weighted by Crippen LogP contribution is -2.43. The van der Waals surface area contributed by atoms with Gasteiger partial charge in [0.05, 0.1) is 5.52 Å². The van der Waals surface area contributed by atoms with Crippen molar-refractivity contribution in [2.45, 2.75) is 71.8 Å². The summed E-state index contributed by atoms with van der Waals surface area (Å²) >= 11 is 0. The molecule has 5 heteroatoms. The average molecular weight is 362 g/mol. The maximum absolute atomic E-state index is 12.1. The molecule has 1 aromatic carbocycles. The van der Waals surface area contributed by atoms with Gasteiger partial charge in [-0.05, 0) is 62.5 Å². The van der Waals surface area contributed by atoms with E-state index in [9.17, 15) is 4.79 Å². The first kappa shape index (κ1) is 19.6. The zero-order valence-electron chi connectivity index (χ0n) is 16.8. The van der Waals surface area contributed by atoms with Gasteiger partial charge in [-0.15, -0.1) is 0 Å². The molecule has 0 saturated heterocycles. The van der Waals surface area contributed by atoms with Crippen molar-refractivity contribution >= 4 is 25.2 Å². The summed E-state index contributed by atoms with van der Waals surface area (Å²) in [4.78, 5) is 12.1. The fraction of sp³-hybridized carbons (Fsp3) is 0.550. The Kier molecular flexibility index (Phi) is 5.10. The average Bonchev–Trinajstić information content (AvgIpc) is 2.77. The standard InChI is InChI=1S/C20H31NO3Si/c1-19(2,3)23-18(22)14-21-12-11-15-9-10-16(13-17(15)21)24-25(7,8)20(4,5)6/h9-13H,14H2,1-8H3. The molecule has 0 saturated carbocycles. The van der Waals surface area contributed by atoms with Crippen molar-refractivity contribution in [3.63, 3.8) is 0 Å². The molecule has 0 N–H and O–H groups in total. The Morgan fingerprint density at radius 3 is 2.28 bits per heavy atom. The molecular weight excluding hydrogens is 330 g/mol. The molecule has 0 radical (unpaired) electrons. The van der Waals surface area contributed by atoms with Crippen molar-refractivity contribution in [3.8, 4) is 5.75 Å². The minimum absolute atomic E-state index is 0.139. The smallest absolute Gasteiger partial charge is 0.326 e. The van der Waals surface area contributed by atoms with Crippen LogP contribution in [-0.2, 0) is 16.1 Å². The van der Waals surface area contributed by atoms with E-state index < -0.39 is 13.9 Å². The number of aromatic nitrogens is 1. The zero-order valence-corrected chi connectivity index (χ0v) is 17.8. The van der Waals surface area contributed by atoms with Gasteiger partial charge in [0, 0.05) is 12.3 Å². The molecule has 0 aliphatic heterocycles. The number of esters is 1. The van der Waals surface area contributed by atoms with Crippen LogP contribution in [0.4, 0.5) is 0 Å². The normalized spacial score (nSPS) is 13.1. The highest BCUT2D eigenvalue weighted by molar-refractivity contribution is 6.74. The number of carbonyl (C=O) groups excluding carboxylic acids is 1. The van der Waals surface area contributed by atoms with E-state index in [0.29, 0.717) is 0 Å². The second-order valence-electron chi connectivity index (χ2n) is 9.11. The molecule has 0 unspecified atom stereocenters. The molecule has 1 aromatic heterocycles. The first-order valence-corrected chi connectivity index (χ1v) is 11.7. The Morgan fingerprint density at radius 2 is 1.72 bits per heavy atom. The van der Waals surface area contributed by atoms with Crippen LogP contribution in [-0.4, -0.2) is 24.5 Å². The molecule has 138 valence electrons. The zero-order chi connectivity index (χ0) is 19.0. The van der Waals surface area contributed by atoms with E-state index in [1.54, 1.807) is 0 Å². The molecule has 0 fully saturated rings. The van der Waals surface area contributed by atoms with Crippen LogP contribution in [0.15, 0.2) is 30.5 Å². The molecule has 0 atom stereocenters. The van der Waals surface area contributed by atoms with E-state index >= 15 is 0 Å². The summed E-state index contributed by atoms with van der Waals surface area (Å²) in [6.45, 7) is 17.0. The fourth-order valence-electron chi connectivity index (χ4n) is 2.33. The summed E-state index contributed by atoms with van der Waals surface area (Å²) < 4.78 is 13.7. The second kappa shape index (κ2) is 6.52. The topological polar surface area (TPSA) is 40.5 Å². The first-order valence-electron chi connectivity index (χ1n) is 8.78. The first-order chi connectivity index (χ1) is 11.3. The highest BCUT2D eigenvalue weighted by atomic mass is 28.4. The van der Waals surface area contributed by atoms with Crippen molar-refractivity contribution < 1.29 is 14.0 Å². The van der Waals surface area contributed by atoms with Crippen LogP contribution in [0.2, 0.25) is 18.1 Å². The predicted octanol–water partition coefficient (Wildman–Crippen LogP) is 5.37. The van der Waals surface area contributed by atoms with E-state index in [4.69, 9.17) is 9.16 Å². The van der Waals surface area contributed by atoms with Crippen molar-refractivity contribution in [1.29, 1.82) is 0 Å². The van der Waals surface area contributed by atoms with Crippen LogP contribution in [0, 0.1) is 0 Å². The predicted molar refractivity (Wildman–Crippen MR) is 106 cm³/mol. The monoisotopic (exact) mass is 361 g/mol. The molecule has 0 aliphatic rings. The van der Waals surface area contributed by atoms with Crippen LogP contribution < -0.4 is 4.43 Å². The summed E-state index contributed by atoms with van der Waals surface area (Å²) in [7, 11) is -1.89. The van der Waals surface area contributed by atoms with E-state index in [-0.39, 0.29) is 17.6 Å². The van der Waals surface area contributed by atoms with Crippen LogP contribution in [0.5, 0.6) is 5.75 Å². The van der Waals surface area contributed by atoms with Crippen molar-refractivity contribution in [3.05, 3.63) is 30.5 Å². The Labute approximate surface area is 152 Å². The van der Waals surface area contributed by atoms with Crippen LogP contribution in [0.25, 0.3) is 10.9 Å². The third-order valence-corrected chi connectivity index (χ3v) is 9.00. The molecule has 0 amide bonds. The Bertz CT molecular complexity index is 763. The van der Waals surface area contributed by atoms with Gasteiger partial charge in [0.15, 0.2) is 0 Å². The van der Waals surface area contributed by atoms with Crippen LogP contribution >= 0.6 is 0 Å². The Morgan fingerprint density at radius 1 is 1.08 bits per heavy atom. The third kappa shape index (κ3) is 4.88. The minimum atomic E-state index is -1.89. The number of hydrogen-bond acceptors (Lipinski definition) is 3. The lowest BCUT2D eigenvalue weighted by atomic mass is 10.2. The van der Waals surface area contributed by atoms with Crippen LogP contribution in [0.3, 0.4) is 0 Å². The number of hydrogen-bond donors (Lipinski definition) is 0. The SMILES string of the molecule is CC(C)(C)OC(=O)Cn1ccc2ccc(O[Si](C)(C)C(C)(C)C)cc21. The molecule has 0 spiro atoms. The molecule has 2 aromatic rings. The molecule has 0 aliphatic carbocycles. The van der Waals surface area contributed by atoms with Crippen molar-refractivity contribution in [1.82, 2.24) is 4.57 Å². The van der Waals surface area contributed by atoms with Gasteiger partial charge in [0.25, 0.3) is 0 Å². The van der Waals surface area contributed by atoms with Gasteiger partial charge in [-0.3, -0.25) is 4.79 Å². The largest absolute Gasteiger partial charge is 0.543 e. The van der Waals surface area contributed by atoms with Gasteiger partial charge < -0.3 is 13.7 Å². The van der Waals surface area contributed by atoms with Gasteiger partial charge >= 0.3 is 5.97 Å². The number of benzene rings is 1. The summed E-state index contributed by atoms with van der Waals surface area (Å²) in [6, 6.07) is 8.10. The van der Waals surface area contributed by atoms with E-state index in [0.717, 1.165) is 16.7 Å². The summed E-state index contributed by atoms with van der Waals surface area (Å²) in [5.41, 5.74) is 0.512. The Hall–Kier alpha value is -1.75. The summed E-state index contributed by atoms with van der Waals surface area (Å²) in [5, 5.41) is 1.23. The van der Waals surface area contributed by atoms with E-state index in [1.807, 2.05) is 55.8 Å². The number of ether oxygens (including phenoxy) is 1. The number of rotatable bonds is 4. The number of fused-ring (bicyclic) bond motifs is 1. The third-order valence-electron chi connectivity index (χ3n) is 4.64. The maximum atomic E-state index is 12.1. The lowest BCUT2D eigenvalue weighted by molar-refractivity contribution is -0.155. The quantitative estimate of drug-likeness (QED) is 0.543. The van der Waals surface area contributed by atoms with Gasteiger partial charge in [-0.25, -0.2) is 0 Å². The van der Waals surface area contributed by atoms with Crippen molar-refractivity contribution in [2.24, 2.45) is 0 Å². The van der Waals surface area contributed by atoms with Crippen molar-refractivity contribution in [2.75, 3.05) is 0 Å². The molecule has 4 nitrogen and oxygen atoms in total. The minimum Gasteiger partial charge on any atom is -0.543 e. The number of carbonyl (C=O) groups is 1. The Balaban J connectivity index is 2.26. The highest BCUT2D eigenvalue weighted by Crippen LogP contribution is 2.38. The van der Waals surface area contributed by atoms with Gasteiger partial charge in [-0.2, -0.15) is 0 Å². The maximum Gasteiger partial charge on any atom is 0.326 e. The summed E-state index contributed by atoms with van der Waals surface area (Å²) in [5.74, 6) is 0.629. The summed E-state index contributed by atoms with van der Waals surface area (Å²) in [6.07, 6.45) is 1.92.